The van der Waals surface area contributed by atoms with Gasteiger partial charge in [-0.15, -0.1) is 0 Å². The van der Waals surface area contributed by atoms with Crippen molar-refractivity contribution in [2.75, 3.05) is 0 Å². The molecule has 0 bridgehead atoms. The smallest absolute Gasteiger partial charge is 0.210 e. The van der Waals surface area contributed by atoms with Gasteiger partial charge in [-0.05, 0) is 95.4 Å². The summed E-state index contributed by atoms with van der Waals surface area (Å²) in [5.41, 5.74) is 0. The van der Waals surface area contributed by atoms with Crippen LogP contribution in [0.5, 0.6) is 0 Å². The first-order chi connectivity index (χ1) is 16.6. The zero-order chi connectivity index (χ0) is 22.9. The summed E-state index contributed by atoms with van der Waals surface area (Å²) in [6, 6.07) is 33.1. The fraction of sp³-hybridized carbons (Fsp3) is 0.0714. The van der Waals surface area contributed by atoms with Crippen molar-refractivity contribution in [2.24, 2.45) is 0 Å². The summed E-state index contributed by atoms with van der Waals surface area (Å²) >= 11 is 0. The number of hydrogen-bond donors (Lipinski definition) is 2. The maximum absolute atomic E-state index is 11.7. The average Bonchev–Trinajstić information content (AvgIpc) is 2.84. The van der Waals surface area contributed by atoms with Crippen LogP contribution in [0, 0.1) is 0 Å². The van der Waals surface area contributed by atoms with Crippen LogP contribution in [-0.4, -0.2) is 41.9 Å². The quantitative estimate of drug-likeness (QED) is 0.201. The molecule has 4 radical (unpaired) electrons. The standard InChI is InChI=1S/C28H20O3Si3/c29-28-16-34(30,33-32-31-28)27-7-3-6-19-12-20-8-9-21-13-22-10-17-4-1-2-5-18(17)11-23(22)14-24(21)25(20)15-26(19)27/h1-15,28-30H,16H2. The maximum Gasteiger partial charge on any atom is 0.210 e. The lowest BCUT2D eigenvalue weighted by Crippen LogP contribution is -2.62. The van der Waals surface area contributed by atoms with E-state index in [1.165, 1.54) is 43.1 Å². The van der Waals surface area contributed by atoms with E-state index in [2.05, 4.69) is 84.9 Å². The highest BCUT2D eigenvalue weighted by Gasteiger charge is 2.41. The van der Waals surface area contributed by atoms with Gasteiger partial charge in [-0.1, -0.05) is 54.6 Å². The Morgan fingerprint density at radius 2 is 1.24 bits per heavy atom. The number of aliphatic hydroxyl groups is 1. The molecule has 3 nitrogen and oxygen atoms in total. The van der Waals surface area contributed by atoms with Crippen molar-refractivity contribution in [2.45, 2.75) is 12.3 Å². The minimum Gasteiger partial charge on any atom is -0.431 e. The first-order valence-electron chi connectivity index (χ1n) is 11.4. The number of aliphatic hydroxyl groups excluding tert-OH is 1. The first-order valence-corrected chi connectivity index (χ1v) is 17.4. The number of rotatable bonds is 1. The van der Waals surface area contributed by atoms with Gasteiger partial charge in [0.25, 0.3) is 0 Å². The maximum atomic E-state index is 11.7. The molecule has 1 aliphatic rings. The Hall–Kier alpha value is -2.85. The molecule has 2 unspecified atom stereocenters. The van der Waals surface area contributed by atoms with Gasteiger partial charge < -0.3 is 14.3 Å². The van der Waals surface area contributed by atoms with Gasteiger partial charge in [0.2, 0.25) is 17.1 Å². The summed E-state index contributed by atoms with van der Waals surface area (Å²) in [5.74, 6) is 0. The topological polar surface area (TPSA) is 49.7 Å². The van der Waals surface area contributed by atoms with E-state index < -0.39 is 14.1 Å². The highest BCUT2D eigenvalue weighted by atomic mass is 29.6. The van der Waals surface area contributed by atoms with Crippen molar-refractivity contribution >= 4 is 84.7 Å². The normalized spacial score (nSPS) is 21.2. The molecule has 0 saturated carbocycles. The molecule has 2 atom stereocenters. The van der Waals surface area contributed by atoms with Gasteiger partial charge in [0.15, 0.2) is 0 Å². The Morgan fingerprint density at radius 3 is 1.97 bits per heavy atom. The predicted octanol–water partition coefficient (Wildman–Crippen LogP) is 4.68. The molecule has 34 heavy (non-hydrogen) atoms. The van der Waals surface area contributed by atoms with Crippen LogP contribution in [0.4, 0.5) is 0 Å². The lowest BCUT2D eigenvalue weighted by molar-refractivity contribution is 0.000566. The molecule has 0 aliphatic carbocycles. The van der Waals surface area contributed by atoms with E-state index in [4.69, 9.17) is 4.43 Å². The van der Waals surface area contributed by atoms with Crippen LogP contribution in [0.3, 0.4) is 0 Å². The second kappa shape index (κ2) is 7.58. The number of benzene rings is 6. The lowest BCUT2D eigenvalue weighted by Gasteiger charge is -2.32. The van der Waals surface area contributed by atoms with Crippen LogP contribution >= 0.6 is 0 Å². The van der Waals surface area contributed by atoms with Crippen molar-refractivity contribution in [3.05, 3.63) is 91.0 Å². The summed E-state index contributed by atoms with van der Waals surface area (Å²) in [5, 5.41) is 23.2. The summed E-state index contributed by atoms with van der Waals surface area (Å²) in [7, 11) is -2.29. The summed E-state index contributed by atoms with van der Waals surface area (Å²) in [4.78, 5) is 11.7. The molecule has 6 heteroatoms. The third-order valence-electron chi connectivity index (χ3n) is 7.02. The predicted molar refractivity (Wildman–Crippen MR) is 145 cm³/mol. The van der Waals surface area contributed by atoms with Crippen LogP contribution in [0.25, 0.3) is 53.9 Å². The van der Waals surface area contributed by atoms with E-state index in [0.717, 1.165) is 16.0 Å². The van der Waals surface area contributed by atoms with Crippen molar-refractivity contribution in [3.63, 3.8) is 0 Å². The number of hydrogen-bond acceptors (Lipinski definition) is 3. The largest absolute Gasteiger partial charge is 0.431 e. The molecule has 1 aliphatic heterocycles. The Balaban J connectivity index is 1.52. The molecule has 0 spiro atoms. The van der Waals surface area contributed by atoms with E-state index in [1.54, 1.807) is 0 Å². The highest BCUT2D eigenvalue weighted by Crippen LogP contribution is 2.34. The molecule has 0 amide bonds. The molecule has 1 fully saturated rings. The highest BCUT2D eigenvalue weighted by molar-refractivity contribution is 7.44. The molecule has 6 aromatic carbocycles. The summed E-state index contributed by atoms with van der Waals surface area (Å²) < 4.78 is 5.38. The van der Waals surface area contributed by atoms with E-state index in [9.17, 15) is 9.90 Å². The second-order valence-electron chi connectivity index (χ2n) is 9.15. The molecule has 1 heterocycles. The van der Waals surface area contributed by atoms with Crippen molar-refractivity contribution < 1.29 is 14.3 Å². The first kappa shape index (κ1) is 20.5. The third kappa shape index (κ3) is 3.19. The molecule has 162 valence electrons. The van der Waals surface area contributed by atoms with Crippen molar-refractivity contribution in [1.82, 2.24) is 0 Å². The van der Waals surface area contributed by atoms with Gasteiger partial charge in [-0.2, -0.15) is 0 Å². The van der Waals surface area contributed by atoms with Crippen LogP contribution in [0.1, 0.15) is 0 Å². The SMILES string of the molecule is OC1C[Si](O)(c2cccc3cc4ccc5cc6cc7ccccc7cc6cc5c4cc23)[Si][Si]O1. The van der Waals surface area contributed by atoms with Gasteiger partial charge in [-0.25, -0.2) is 0 Å². The Kier molecular flexibility index (Phi) is 4.57. The summed E-state index contributed by atoms with van der Waals surface area (Å²) in [6.07, 6.45) is -0.867. The molecule has 2 N–H and O–H groups in total. The third-order valence-corrected chi connectivity index (χ3v) is 18.2. The van der Waals surface area contributed by atoms with Crippen LogP contribution in [0.15, 0.2) is 91.0 Å². The van der Waals surface area contributed by atoms with Crippen LogP contribution in [0.2, 0.25) is 6.04 Å². The number of fused-ring (bicyclic) bond motifs is 6. The molecule has 0 aromatic heterocycles. The molecule has 6 aromatic rings. The van der Waals surface area contributed by atoms with E-state index in [-0.39, 0.29) is 9.28 Å². The summed E-state index contributed by atoms with van der Waals surface area (Å²) in [6.45, 7) is 0. The van der Waals surface area contributed by atoms with Crippen LogP contribution < -0.4 is 5.19 Å². The average molecular weight is 489 g/mol. The zero-order valence-corrected chi connectivity index (χ0v) is 21.2. The van der Waals surface area contributed by atoms with Gasteiger partial charge in [0.1, 0.15) is 6.29 Å². The van der Waals surface area contributed by atoms with Crippen LogP contribution in [-0.2, 0) is 4.43 Å². The lowest BCUT2D eigenvalue weighted by atomic mass is 9.95. The van der Waals surface area contributed by atoms with E-state index in [1.807, 2.05) is 6.07 Å². The molecular formula is C28H20O3Si3. The fourth-order valence-corrected chi connectivity index (χ4v) is 15.2. The second-order valence-corrected chi connectivity index (χ2v) is 18.6. The van der Waals surface area contributed by atoms with Gasteiger partial charge in [0, 0.05) is 6.04 Å². The van der Waals surface area contributed by atoms with Gasteiger partial charge in [-0.3, -0.25) is 0 Å². The van der Waals surface area contributed by atoms with Crippen molar-refractivity contribution in [1.29, 1.82) is 0 Å². The molecule has 7 rings (SSSR count). The Bertz CT molecular complexity index is 1770. The monoisotopic (exact) mass is 488 g/mol. The minimum atomic E-state index is -2.80. The minimum absolute atomic E-state index is 0.166. The van der Waals surface area contributed by atoms with Crippen molar-refractivity contribution in [3.8, 4) is 0 Å². The Morgan fingerprint density at radius 1 is 0.647 bits per heavy atom. The van der Waals surface area contributed by atoms with E-state index >= 15 is 0 Å². The fourth-order valence-electron chi connectivity index (χ4n) is 5.34. The van der Waals surface area contributed by atoms with Gasteiger partial charge >= 0.3 is 0 Å². The molecule has 1 saturated heterocycles. The van der Waals surface area contributed by atoms with Gasteiger partial charge in [0.05, 0.1) is 8.55 Å². The Labute approximate surface area is 202 Å². The van der Waals surface area contributed by atoms with E-state index in [0.29, 0.717) is 14.6 Å². The zero-order valence-electron chi connectivity index (χ0n) is 18.2. The molecular weight excluding hydrogens is 469 g/mol.